The number of rotatable bonds is 3. The van der Waals surface area contributed by atoms with Gasteiger partial charge in [-0.05, 0) is 42.0 Å². The Kier molecular flexibility index (Phi) is 4.93. The normalized spacial score (nSPS) is 14.6. The van der Waals surface area contributed by atoms with Gasteiger partial charge in [-0.3, -0.25) is 14.9 Å². The van der Waals surface area contributed by atoms with Crippen LogP contribution in [0.3, 0.4) is 0 Å². The monoisotopic (exact) mass is 403 g/mol. The molecule has 0 fully saturated rings. The van der Waals surface area contributed by atoms with Gasteiger partial charge in [-0.25, -0.2) is 4.99 Å². The van der Waals surface area contributed by atoms with E-state index in [1.807, 2.05) is 30.3 Å². The Labute approximate surface area is 171 Å². The third kappa shape index (κ3) is 3.93. The van der Waals surface area contributed by atoms with Gasteiger partial charge in [0, 0.05) is 28.3 Å². The third-order valence-electron chi connectivity index (χ3n) is 4.40. The van der Waals surface area contributed by atoms with Crippen molar-refractivity contribution in [1.82, 2.24) is 0 Å². The summed E-state index contributed by atoms with van der Waals surface area (Å²) in [4.78, 5) is 27.8. The van der Waals surface area contributed by atoms with Crippen LogP contribution in [0.1, 0.15) is 16.7 Å². The van der Waals surface area contributed by atoms with Gasteiger partial charge in [0.05, 0.1) is 16.3 Å². The summed E-state index contributed by atoms with van der Waals surface area (Å²) in [5.74, 6) is -0.377. The van der Waals surface area contributed by atoms with Crippen LogP contribution < -0.4 is 5.32 Å². The molecule has 0 radical (unpaired) electrons. The van der Waals surface area contributed by atoms with Crippen molar-refractivity contribution in [3.63, 3.8) is 0 Å². The molecule has 7 heteroatoms. The largest absolute Gasteiger partial charge is 0.320 e. The predicted molar refractivity (Wildman–Crippen MR) is 113 cm³/mol. The first kappa shape index (κ1) is 18.6. The van der Waals surface area contributed by atoms with E-state index in [9.17, 15) is 14.9 Å². The minimum atomic E-state index is -0.471. The Morgan fingerprint density at radius 1 is 1.00 bits per heavy atom. The molecule has 1 heterocycles. The summed E-state index contributed by atoms with van der Waals surface area (Å²) < 4.78 is 0. The van der Waals surface area contributed by atoms with Gasteiger partial charge in [0.2, 0.25) is 0 Å². The second-order valence-corrected chi connectivity index (χ2v) is 6.79. The Hall–Kier alpha value is -3.77. The van der Waals surface area contributed by atoms with Crippen LogP contribution in [0.4, 0.5) is 11.4 Å². The number of hydrogen-bond donors (Lipinski definition) is 1. The van der Waals surface area contributed by atoms with E-state index in [1.165, 1.54) is 12.1 Å². The second-order valence-electron chi connectivity index (χ2n) is 6.35. The molecule has 0 atom stereocenters. The van der Waals surface area contributed by atoms with Crippen molar-refractivity contribution in [2.75, 3.05) is 5.32 Å². The van der Waals surface area contributed by atoms with Crippen molar-refractivity contribution < 1.29 is 9.72 Å². The average molecular weight is 404 g/mol. The zero-order chi connectivity index (χ0) is 20.4. The van der Waals surface area contributed by atoms with Crippen LogP contribution in [-0.2, 0) is 4.79 Å². The number of anilines is 1. The maximum absolute atomic E-state index is 12.8. The summed E-state index contributed by atoms with van der Waals surface area (Å²) in [6.45, 7) is 0. The molecule has 0 aliphatic carbocycles. The topological polar surface area (TPSA) is 84.6 Å². The van der Waals surface area contributed by atoms with E-state index in [0.29, 0.717) is 27.5 Å². The average Bonchev–Trinajstić information content (AvgIpc) is 2.86. The first-order valence-electron chi connectivity index (χ1n) is 8.73. The van der Waals surface area contributed by atoms with Crippen LogP contribution >= 0.6 is 11.6 Å². The number of fused-ring (bicyclic) bond motifs is 1. The van der Waals surface area contributed by atoms with Gasteiger partial charge in [0.15, 0.2) is 0 Å². The van der Waals surface area contributed by atoms with Gasteiger partial charge in [-0.2, -0.15) is 0 Å². The Morgan fingerprint density at radius 3 is 2.41 bits per heavy atom. The number of amides is 1. The number of nitrogens with zero attached hydrogens (tertiary/aromatic N) is 2. The van der Waals surface area contributed by atoms with Crippen LogP contribution in [0, 0.1) is 10.1 Å². The van der Waals surface area contributed by atoms with Crippen LogP contribution in [0.25, 0.3) is 6.08 Å². The number of hydrogen-bond acceptors (Lipinski definition) is 4. The lowest BCUT2D eigenvalue weighted by molar-refractivity contribution is -0.384. The molecule has 29 heavy (non-hydrogen) atoms. The first-order chi connectivity index (χ1) is 14.0. The molecule has 0 spiro atoms. The molecule has 0 saturated carbocycles. The fourth-order valence-electron chi connectivity index (χ4n) is 3.00. The molecule has 1 aliphatic heterocycles. The molecule has 0 aromatic heterocycles. The SMILES string of the molecule is O=C1Nc2ccc(Cl)cc2C(c2ccccc2)=N/C1=C/c1ccc([N+](=O)[O-])cc1. The smallest absolute Gasteiger partial charge is 0.274 e. The fourth-order valence-corrected chi connectivity index (χ4v) is 3.18. The number of halogens is 1. The third-order valence-corrected chi connectivity index (χ3v) is 4.64. The summed E-state index contributed by atoms with van der Waals surface area (Å²) in [6.07, 6.45) is 1.59. The summed E-state index contributed by atoms with van der Waals surface area (Å²) in [6, 6.07) is 20.6. The van der Waals surface area contributed by atoms with Gasteiger partial charge in [-0.1, -0.05) is 41.9 Å². The zero-order valence-corrected chi connectivity index (χ0v) is 15.8. The maximum atomic E-state index is 12.8. The molecular formula is C22H14ClN3O3. The van der Waals surface area contributed by atoms with Crippen molar-refractivity contribution in [3.05, 3.63) is 110 Å². The molecule has 0 bridgehead atoms. The number of nitrogens with one attached hydrogen (secondary N) is 1. The van der Waals surface area contributed by atoms with Gasteiger partial charge in [-0.15, -0.1) is 0 Å². The van der Waals surface area contributed by atoms with E-state index in [2.05, 4.69) is 10.3 Å². The van der Waals surface area contributed by atoms with Crippen molar-refractivity contribution in [3.8, 4) is 0 Å². The van der Waals surface area contributed by atoms with Gasteiger partial charge < -0.3 is 5.32 Å². The van der Waals surface area contributed by atoms with Gasteiger partial charge >= 0.3 is 0 Å². The van der Waals surface area contributed by atoms with E-state index >= 15 is 0 Å². The highest BCUT2D eigenvalue weighted by atomic mass is 35.5. The molecule has 1 amide bonds. The molecule has 3 aromatic rings. The summed E-state index contributed by atoms with van der Waals surface area (Å²) in [7, 11) is 0. The minimum absolute atomic E-state index is 0.0204. The van der Waals surface area contributed by atoms with Gasteiger partial charge in [0.25, 0.3) is 11.6 Å². The molecule has 3 aromatic carbocycles. The summed E-state index contributed by atoms with van der Waals surface area (Å²) in [5.41, 5.74) is 3.55. The number of non-ortho nitro benzene ring substituents is 1. The van der Waals surface area contributed by atoms with Crippen LogP contribution in [0.2, 0.25) is 5.02 Å². The highest BCUT2D eigenvalue weighted by Gasteiger charge is 2.22. The van der Waals surface area contributed by atoms with E-state index in [-0.39, 0.29) is 17.3 Å². The quantitative estimate of drug-likeness (QED) is 0.376. The van der Waals surface area contributed by atoms with E-state index in [4.69, 9.17) is 11.6 Å². The van der Waals surface area contributed by atoms with E-state index in [0.717, 1.165) is 5.56 Å². The lowest BCUT2D eigenvalue weighted by atomic mass is 10.0. The predicted octanol–water partition coefficient (Wildman–Crippen LogP) is 5.08. The fraction of sp³-hybridized carbons (Fsp3) is 0. The molecule has 142 valence electrons. The Morgan fingerprint density at radius 2 is 1.72 bits per heavy atom. The molecule has 0 saturated heterocycles. The molecule has 6 nitrogen and oxygen atoms in total. The summed E-state index contributed by atoms with van der Waals surface area (Å²) in [5, 5.41) is 14.2. The number of nitro groups is 1. The van der Waals surface area contributed by atoms with Crippen molar-refractivity contribution in [2.45, 2.75) is 0 Å². The lowest BCUT2D eigenvalue weighted by Gasteiger charge is -2.10. The number of benzene rings is 3. The molecular weight excluding hydrogens is 390 g/mol. The van der Waals surface area contributed by atoms with Gasteiger partial charge in [0.1, 0.15) is 5.70 Å². The van der Waals surface area contributed by atoms with Crippen molar-refractivity contribution in [2.24, 2.45) is 4.99 Å². The lowest BCUT2D eigenvalue weighted by Crippen LogP contribution is -2.12. The molecule has 1 N–H and O–H groups in total. The zero-order valence-electron chi connectivity index (χ0n) is 15.0. The molecule has 1 aliphatic rings. The van der Waals surface area contributed by atoms with Crippen LogP contribution in [0.5, 0.6) is 0 Å². The minimum Gasteiger partial charge on any atom is -0.320 e. The Balaban J connectivity index is 1.86. The number of nitro benzene ring substituents is 1. The van der Waals surface area contributed by atoms with Crippen LogP contribution in [0.15, 0.2) is 83.5 Å². The Bertz CT molecular complexity index is 1170. The second kappa shape index (κ2) is 7.69. The standard InChI is InChI=1S/C22H14ClN3O3/c23-16-8-11-19-18(13-16)21(15-4-2-1-3-5-15)24-20(22(27)25-19)12-14-6-9-17(10-7-14)26(28)29/h1-13H,(H,25,27)/b20-12+. The maximum Gasteiger partial charge on any atom is 0.274 e. The van der Waals surface area contributed by atoms with E-state index < -0.39 is 4.92 Å². The van der Waals surface area contributed by atoms with Crippen molar-refractivity contribution >= 4 is 40.7 Å². The number of aliphatic imine (C=N–C) groups is 1. The first-order valence-corrected chi connectivity index (χ1v) is 9.10. The number of benzodiazepines with no additional fused rings is 1. The highest BCUT2D eigenvalue weighted by Crippen LogP contribution is 2.28. The van der Waals surface area contributed by atoms with Crippen LogP contribution in [-0.4, -0.2) is 16.5 Å². The molecule has 4 rings (SSSR count). The molecule has 0 unspecified atom stereocenters. The number of carbonyl (C=O) groups is 1. The van der Waals surface area contributed by atoms with E-state index in [1.54, 1.807) is 36.4 Å². The highest BCUT2D eigenvalue weighted by molar-refractivity contribution is 6.32. The van der Waals surface area contributed by atoms with Crippen molar-refractivity contribution in [1.29, 1.82) is 0 Å². The summed E-state index contributed by atoms with van der Waals surface area (Å²) >= 11 is 6.19. The number of carbonyl (C=O) groups excluding carboxylic acids is 1.